The van der Waals surface area contributed by atoms with Crippen molar-refractivity contribution in [1.29, 1.82) is 0 Å². The minimum absolute atomic E-state index is 0. The molecule has 0 aromatic carbocycles. The normalized spacial score (nSPS) is 25.0. The number of thioether (sulfide) groups is 1. The number of carboxylic acids is 2. The molecule has 0 aromatic rings. The van der Waals surface area contributed by atoms with E-state index >= 15 is 0 Å². The molecule has 2 rings (SSSR count). The van der Waals surface area contributed by atoms with Crippen molar-refractivity contribution < 1.29 is 54.2 Å². The van der Waals surface area contributed by atoms with Crippen molar-refractivity contribution >= 4 is 29.6 Å². The fraction of sp³-hybridized carbons (Fsp3) is 0.583. The molecular formula is C12H15N2NaO5S. The van der Waals surface area contributed by atoms with Crippen molar-refractivity contribution in [2.75, 3.05) is 5.75 Å². The molecule has 3 N–H and O–H groups in total. The van der Waals surface area contributed by atoms with Crippen LogP contribution in [-0.4, -0.2) is 45.7 Å². The summed E-state index contributed by atoms with van der Waals surface area (Å²) in [5.74, 6) is -2.83. The molecular weight excluding hydrogens is 307 g/mol. The molecule has 0 saturated carbocycles. The summed E-state index contributed by atoms with van der Waals surface area (Å²) in [6.07, 6.45) is 1.12. The molecule has 2 aliphatic rings. The largest absolute Gasteiger partial charge is 1.00 e. The topological polar surface area (TPSA) is 124 Å². The Kier molecular flexibility index (Phi) is 6.30. The molecule has 110 valence electrons. The summed E-state index contributed by atoms with van der Waals surface area (Å²) >= 11 is 1.08. The van der Waals surface area contributed by atoms with Crippen LogP contribution in [0.2, 0.25) is 0 Å². The monoisotopic (exact) mass is 322 g/mol. The molecule has 2 heterocycles. The Labute approximate surface area is 148 Å². The third-order valence-corrected chi connectivity index (χ3v) is 4.87. The van der Waals surface area contributed by atoms with Crippen LogP contribution < -0.4 is 40.4 Å². The van der Waals surface area contributed by atoms with Gasteiger partial charge in [0.25, 0.3) is 0 Å². The van der Waals surface area contributed by atoms with E-state index in [1.54, 1.807) is 0 Å². The zero-order valence-corrected chi connectivity index (χ0v) is 14.7. The van der Waals surface area contributed by atoms with E-state index in [4.69, 9.17) is 5.73 Å². The Morgan fingerprint density at radius 3 is 2.67 bits per heavy atom. The van der Waals surface area contributed by atoms with Crippen LogP contribution >= 0.6 is 11.8 Å². The van der Waals surface area contributed by atoms with Gasteiger partial charge in [-0.05, 0) is 6.42 Å². The van der Waals surface area contributed by atoms with Gasteiger partial charge < -0.3 is 25.6 Å². The number of fused-ring (bicyclic) bond motifs is 1. The predicted molar refractivity (Wildman–Crippen MR) is 69.1 cm³/mol. The second-order valence-corrected chi connectivity index (χ2v) is 5.92. The maximum Gasteiger partial charge on any atom is 1.00 e. The molecule has 0 aliphatic carbocycles. The first-order valence-electron chi connectivity index (χ1n) is 6.27. The molecule has 0 aromatic heterocycles. The van der Waals surface area contributed by atoms with Gasteiger partial charge >= 0.3 is 35.5 Å². The summed E-state index contributed by atoms with van der Waals surface area (Å²) in [5, 5.41) is 19.8. The van der Waals surface area contributed by atoms with Crippen LogP contribution in [0.5, 0.6) is 0 Å². The predicted octanol–water partition coefficient (Wildman–Crippen LogP) is -4.26. The number of rotatable bonds is 6. The number of hydrogen-bond donors (Lipinski definition) is 2. The van der Waals surface area contributed by atoms with Crippen LogP contribution in [-0.2, 0) is 14.4 Å². The molecule has 1 fully saturated rings. The zero-order chi connectivity index (χ0) is 15.0. The van der Waals surface area contributed by atoms with Crippen molar-refractivity contribution in [3.63, 3.8) is 0 Å². The molecule has 0 bridgehead atoms. The van der Waals surface area contributed by atoms with Crippen LogP contribution in [0.4, 0.5) is 0 Å². The number of aliphatic carboxylic acids is 2. The molecule has 7 nitrogen and oxygen atoms in total. The van der Waals surface area contributed by atoms with E-state index in [1.807, 2.05) is 6.92 Å². The molecule has 9 heteroatoms. The average Bonchev–Trinajstić information content (AvgIpc) is 2.71. The molecule has 3 atom stereocenters. The van der Waals surface area contributed by atoms with Gasteiger partial charge in [0, 0.05) is 17.1 Å². The summed E-state index contributed by atoms with van der Waals surface area (Å²) in [6.45, 7) is 1.89. The first-order valence-corrected chi connectivity index (χ1v) is 7.25. The maximum atomic E-state index is 11.9. The van der Waals surface area contributed by atoms with Gasteiger partial charge in [0.15, 0.2) is 0 Å². The van der Waals surface area contributed by atoms with E-state index in [-0.39, 0.29) is 58.9 Å². The number of β-lactam (4-membered cyclic amide) rings is 1. The SMILES string of the molecule is CC[C@H]1C(=O)N2C(C(=O)O)=C(SC[C@H](N)C(=O)[O-])C[C@H]12.[Na+]. The second kappa shape index (κ2) is 7.15. The van der Waals surface area contributed by atoms with Gasteiger partial charge in [-0.2, -0.15) is 0 Å². The van der Waals surface area contributed by atoms with Crippen LogP contribution in [0.3, 0.4) is 0 Å². The summed E-state index contributed by atoms with van der Waals surface area (Å²) in [4.78, 5) is 35.6. The van der Waals surface area contributed by atoms with Crippen LogP contribution in [0.25, 0.3) is 0 Å². The number of hydrogen-bond acceptors (Lipinski definition) is 6. The number of nitrogens with two attached hydrogens (primary N) is 1. The minimum Gasteiger partial charge on any atom is -0.548 e. The molecule has 0 radical (unpaired) electrons. The van der Waals surface area contributed by atoms with Crippen molar-refractivity contribution in [2.45, 2.75) is 31.8 Å². The van der Waals surface area contributed by atoms with Gasteiger partial charge in [-0.1, -0.05) is 6.92 Å². The Morgan fingerprint density at radius 2 is 2.19 bits per heavy atom. The van der Waals surface area contributed by atoms with E-state index in [1.165, 1.54) is 4.90 Å². The summed E-state index contributed by atoms with van der Waals surface area (Å²) in [5.41, 5.74) is 5.32. The van der Waals surface area contributed by atoms with Crippen molar-refractivity contribution in [3.8, 4) is 0 Å². The van der Waals surface area contributed by atoms with E-state index in [9.17, 15) is 24.6 Å². The number of amides is 1. The number of carbonyl (C=O) groups is 3. The van der Waals surface area contributed by atoms with E-state index in [0.29, 0.717) is 17.7 Å². The van der Waals surface area contributed by atoms with Gasteiger partial charge in [0.2, 0.25) is 5.91 Å². The van der Waals surface area contributed by atoms with Gasteiger partial charge in [0.1, 0.15) is 5.70 Å². The smallest absolute Gasteiger partial charge is 0.548 e. The molecule has 21 heavy (non-hydrogen) atoms. The third-order valence-electron chi connectivity index (χ3n) is 3.63. The van der Waals surface area contributed by atoms with Crippen molar-refractivity contribution in [2.24, 2.45) is 11.7 Å². The van der Waals surface area contributed by atoms with E-state index in [2.05, 4.69) is 0 Å². The van der Waals surface area contributed by atoms with Gasteiger partial charge in [0.05, 0.1) is 24.0 Å². The summed E-state index contributed by atoms with van der Waals surface area (Å²) in [7, 11) is 0. The fourth-order valence-electron chi connectivity index (χ4n) is 2.59. The maximum absolute atomic E-state index is 11.9. The van der Waals surface area contributed by atoms with Crippen molar-refractivity contribution in [1.82, 2.24) is 4.90 Å². The number of carbonyl (C=O) groups excluding carboxylic acids is 2. The summed E-state index contributed by atoms with van der Waals surface area (Å²) in [6, 6.07) is -1.27. The van der Waals surface area contributed by atoms with Gasteiger partial charge in [-0.3, -0.25) is 4.79 Å². The number of nitrogens with zero attached hydrogens (tertiary/aromatic N) is 1. The van der Waals surface area contributed by atoms with Gasteiger partial charge in [-0.15, -0.1) is 11.8 Å². The molecule has 1 amide bonds. The molecule has 1 saturated heterocycles. The Hall–Kier alpha value is -0.540. The first kappa shape index (κ1) is 18.5. The Morgan fingerprint density at radius 1 is 1.57 bits per heavy atom. The summed E-state index contributed by atoms with van der Waals surface area (Å²) < 4.78 is 0. The van der Waals surface area contributed by atoms with Crippen LogP contribution in [0.1, 0.15) is 19.8 Å². The first-order chi connectivity index (χ1) is 9.38. The Balaban J connectivity index is 0.00000220. The van der Waals surface area contributed by atoms with Gasteiger partial charge in [-0.25, -0.2) is 4.79 Å². The average molecular weight is 322 g/mol. The quantitative estimate of drug-likeness (QED) is 0.375. The second-order valence-electron chi connectivity index (χ2n) is 4.81. The van der Waals surface area contributed by atoms with Crippen LogP contribution in [0.15, 0.2) is 10.6 Å². The number of carboxylic acid groups (broad SMARTS) is 2. The van der Waals surface area contributed by atoms with Crippen molar-refractivity contribution in [3.05, 3.63) is 10.6 Å². The minimum atomic E-state index is -1.38. The Bertz CT molecular complexity index is 510. The standard InChI is InChI=1S/C12H16N2O5S.Na/c1-2-5-7-3-8(20-4-6(13)11(16)17)9(12(18)19)14(7)10(5)15;/h5-7H,2-4,13H2,1H3,(H,16,17)(H,18,19);/q;+1/p-1/t5-,6+,7-;/m1./s1. The van der Waals surface area contributed by atoms with Crippen LogP contribution in [0, 0.1) is 5.92 Å². The third kappa shape index (κ3) is 3.29. The van der Waals surface area contributed by atoms with E-state index in [0.717, 1.165) is 11.8 Å². The molecule has 0 unspecified atom stereocenters. The fourth-order valence-corrected chi connectivity index (χ4v) is 3.72. The molecule has 2 aliphatic heterocycles. The molecule has 0 spiro atoms. The van der Waals surface area contributed by atoms with E-state index < -0.39 is 18.0 Å². The zero-order valence-electron chi connectivity index (χ0n) is 11.9.